The second kappa shape index (κ2) is 4.59. The number of carboxylic acid groups (broad SMARTS) is 1. The number of fused-ring (bicyclic) bond motifs is 3. The number of carbonyl (C=O) groups is 2. The Morgan fingerprint density at radius 1 is 1.18 bits per heavy atom. The lowest BCUT2D eigenvalue weighted by Crippen LogP contribution is -2.60. The van der Waals surface area contributed by atoms with Crippen LogP contribution in [-0.4, -0.2) is 22.0 Å². The van der Waals surface area contributed by atoms with E-state index < -0.39 is 16.8 Å². The molecule has 0 amide bonds. The van der Waals surface area contributed by atoms with Crippen LogP contribution in [-0.2, 0) is 9.59 Å². The average molecular weight is 306 g/mol. The summed E-state index contributed by atoms with van der Waals surface area (Å²) >= 11 is 0. The predicted molar refractivity (Wildman–Crippen MR) is 82.4 cm³/mol. The minimum absolute atomic E-state index is 0.0994. The molecule has 0 aromatic carbocycles. The highest BCUT2D eigenvalue weighted by Crippen LogP contribution is 2.66. The van der Waals surface area contributed by atoms with E-state index in [0.717, 1.165) is 25.7 Å². The maximum Gasteiger partial charge on any atom is 0.309 e. The van der Waals surface area contributed by atoms with Crippen molar-refractivity contribution in [2.24, 2.45) is 28.1 Å². The first-order chi connectivity index (χ1) is 10.2. The second-order valence-electron chi connectivity index (χ2n) is 8.30. The van der Waals surface area contributed by atoms with Crippen LogP contribution in [0.15, 0.2) is 11.8 Å². The maximum atomic E-state index is 12.6. The first-order valence-corrected chi connectivity index (χ1v) is 8.33. The molecular weight excluding hydrogens is 280 g/mol. The zero-order chi connectivity index (χ0) is 16.3. The zero-order valence-electron chi connectivity index (χ0n) is 13.7. The third-order valence-electron chi connectivity index (χ3n) is 7.28. The highest BCUT2D eigenvalue weighted by molar-refractivity contribution is 5.98. The van der Waals surface area contributed by atoms with Gasteiger partial charge in [0, 0.05) is 5.41 Å². The van der Waals surface area contributed by atoms with E-state index in [4.69, 9.17) is 0 Å². The van der Waals surface area contributed by atoms with Gasteiger partial charge in [0.2, 0.25) is 5.78 Å². The molecule has 0 unspecified atom stereocenters. The summed E-state index contributed by atoms with van der Waals surface area (Å²) in [6.07, 6.45) is 6.35. The first-order valence-electron chi connectivity index (χ1n) is 8.33. The van der Waals surface area contributed by atoms with Gasteiger partial charge in [-0.2, -0.15) is 0 Å². The van der Waals surface area contributed by atoms with E-state index >= 15 is 0 Å². The molecule has 0 aromatic heterocycles. The number of aliphatic carboxylic acids is 1. The smallest absolute Gasteiger partial charge is 0.309 e. The number of aliphatic hydroxyl groups is 1. The fraction of sp³-hybridized carbons (Fsp3) is 0.778. The number of carbonyl (C=O) groups excluding carboxylic acids is 1. The quantitative estimate of drug-likeness (QED) is 0.774. The molecule has 3 aliphatic rings. The summed E-state index contributed by atoms with van der Waals surface area (Å²) in [5.41, 5.74) is -1.38. The van der Waals surface area contributed by atoms with Gasteiger partial charge in [0.05, 0.1) is 5.41 Å². The van der Waals surface area contributed by atoms with E-state index in [2.05, 4.69) is 6.92 Å². The standard InChI is InChI=1S/C18H26O4/c1-16-8-4-9-18(3,15(21)22)13(16)7-10-17(2)12(16)6-5-11(19)14(17)20/h5,12-13,19H,4,6-10H2,1-3H3,(H,21,22)/t12-,13-,16-,17-,18+/m1/s1. The summed E-state index contributed by atoms with van der Waals surface area (Å²) < 4.78 is 0. The molecule has 0 saturated heterocycles. The highest BCUT2D eigenvalue weighted by Gasteiger charge is 2.63. The molecule has 122 valence electrons. The highest BCUT2D eigenvalue weighted by atomic mass is 16.4. The van der Waals surface area contributed by atoms with Gasteiger partial charge in [0.1, 0.15) is 0 Å². The molecule has 0 spiro atoms. The molecule has 3 rings (SSSR count). The van der Waals surface area contributed by atoms with Crippen molar-refractivity contribution in [3.63, 3.8) is 0 Å². The van der Waals surface area contributed by atoms with Gasteiger partial charge < -0.3 is 10.2 Å². The third-order valence-corrected chi connectivity index (χ3v) is 7.28. The third kappa shape index (κ3) is 1.76. The van der Waals surface area contributed by atoms with Gasteiger partial charge in [-0.25, -0.2) is 0 Å². The van der Waals surface area contributed by atoms with Crippen molar-refractivity contribution in [1.82, 2.24) is 0 Å². The first kappa shape index (κ1) is 15.6. The fourth-order valence-electron chi connectivity index (χ4n) is 6.00. The summed E-state index contributed by atoms with van der Waals surface area (Å²) in [5, 5.41) is 19.7. The number of aliphatic hydroxyl groups excluding tert-OH is 1. The number of allylic oxidation sites excluding steroid dienone is 2. The Hall–Kier alpha value is -1.32. The van der Waals surface area contributed by atoms with Gasteiger partial charge in [0.25, 0.3) is 0 Å². The van der Waals surface area contributed by atoms with Gasteiger partial charge in [0.15, 0.2) is 5.76 Å². The van der Waals surface area contributed by atoms with Crippen LogP contribution in [0.3, 0.4) is 0 Å². The molecule has 0 aliphatic heterocycles. The van der Waals surface area contributed by atoms with Crippen molar-refractivity contribution < 1.29 is 19.8 Å². The predicted octanol–water partition coefficient (Wildman–Crippen LogP) is 3.71. The molecule has 0 bridgehead atoms. The average Bonchev–Trinajstić information content (AvgIpc) is 2.43. The van der Waals surface area contributed by atoms with Crippen LogP contribution < -0.4 is 0 Å². The molecule has 22 heavy (non-hydrogen) atoms. The largest absolute Gasteiger partial charge is 0.505 e. The molecule has 2 saturated carbocycles. The Morgan fingerprint density at radius 3 is 2.50 bits per heavy atom. The van der Waals surface area contributed by atoms with Crippen LogP contribution in [0, 0.1) is 28.1 Å². The van der Waals surface area contributed by atoms with Crippen LogP contribution in [0.25, 0.3) is 0 Å². The van der Waals surface area contributed by atoms with Gasteiger partial charge in [-0.1, -0.05) is 20.3 Å². The Bertz CT molecular complexity index is 565. The topological polar surface area (TPSA) is 74.6 Å². The molecule has 5 atom stereocenters. The number of Topliss-reactive ketones (excluding diaryl/α,β-unsaturated/α-hetero) is 1. The van der Waals surface area contributed by atoms with Crippen molar-refractivity contribution in [2.75, 3.05) is 0 Å². The molecule has 0 radical (unpaired) electrons. The number of rotatable bonds is 1. The van der Waals surface area contributed by atoms with E-state index in [1.165, 1.54) is 0 Å². The Balaban J connectivity index is 2.07. The van der Waals surface area contributed by atoms with E-state index in [-0.39, 0.29) is 28.8 Å². The van der Waals surface area contributed by atoms with Gasteiger partial charge >= 0.3 is 5.97 Å². The molecule has 2 N–H and O–H groups in total. The maximum absolute atomic E-state index is 12.6. The van der Waals surface area contributed by atoms with E-state index in [1.54, 1.807) is 6.08 Å². The van der Waals surface area contributed by atoms with E-state index in [1.807, 2.05) is 13.8 Å². The van der Waals surface area contributed by atoms with Crippen LogP contribution in [0.2, 0.25) is 0 Å². The Labute approximate surface area is 131 Å². The number of hydrogen-bond acceptors (Lipinski definition) is 3. The summed E-state index contributed by atoms with van der Waals surface area (Å²) in [4.78, 5) is 24.5. The summed E-state index contributed by atoms with van der Waals surface area (Å²) in [6, 6.07) is 0. The zero-order valence-corrected chi connectivity index (χ0v) is 13.7. The van der Waals surface area contributed by atoms with Crippen molar-refractivity contribution >= 4 is 11.8 Å². The van der Waals surface area contributed by atoms with Gasteiger partial charge in [-0.15, -0.1) is 0 Å². The molecule has 0 heterocycles. The lowest BCUT2D eigenvalue weighted by Gasteiger charge is -2.62. The van der Waals surface area contributed by atoms with Gasteiger partial charge in [-0.05, 0) is 62.4 Å². The van der Waals surface area contributed by atoms with Gasteiger partial charge in [-0.3, -0.25) is 9.59 Å². The molecular formula is C18H26O4. The summed E-state index contributed by atoms with van der Waals surface area (Å²) in [6.45, 7) is 6.04. The fourth-order valence-corrected chi connectivity index (χ4v) is 6.00. The molecule has 4 heteroatoms. The van der Waals surface area contributed by atoms with Crippen molar-refractivity contribution in [2.45, 2.75) is 59.3 Å². The van der Waals surface area contributed by atoms with E-state index in [9.17, 15) is 19.8 Å². The lowest BCUT2D eigenvalue weighted by molar-refractivity contribution is -0.179. The normalized spacial score (nSPS) is 48.1. The van der Waals surface area contributed by atoms with Crippen LogP contribution in [0.5, 0.6) is 0 Å². The van der Waals surface area contributed by atoms with Crippen molar-refractivity contribution in [1.29, 1.82) is 0 Å². The van der Waals surface area contributed by atoms with Crippen molar-refractivity contribution in [3.05, 3.63) is 11.8 Å². The molecule has 3 aliphatic carbocycles. The molecule has 2 fully saturated rings. The van der Waals surface area contributed by atoms with Crippen molar-refractivity contribution in [3.8, 4) is 0 Å². The van der Waals surface area contributed by atoms with Crippen LogP contribution >= 0.6 is 0 Å². The molecule has 0 aromatic rings. The molecule has 4 nitrogen and oxygen atoms in total. The number of hydrogen-bond donors (Lipinski definition) is 2. The van der Waals surface area contributed by atoms with Crippen LogP contribution in [0.1, 0.15) is 59.3 Å². The second-order valence-corrected chi connectivity index (χ2v) is 8.30. The van der Waals surface area contributed by atoms with Crippen LogP contribution in [0.4, 0.5) is 0 Å². The Morgan fingerprint density at radius 2 is 1.86 bits per heavy atom. The SMILES string of the molecule is C[C@]12CCC[C@](C)(C(=O)O)[C@@H]1CC[C@@]1(C)C(=O)C(O)=CC[C@H]21. The lowest BCUT2D eigenvalue weighted by atomic mass is 9.41. The monoisotopic (exact) mass is 306 g/mol. The minimum Gasteiger partial charge on any atom is -0.505 e. The number of carboxylic acids is 1. The number of ketones is 1. The van der Waals surface area contributed by atoms with E-state index in [0.29, 0.717) is 12.8 Å². The summed E-state index contributed by atoms with van der Waals surface area (Å²) in [5.74, 6) is -0.719. The minimum atomic E-state index is -0.701. The Kier molecular flexibility index (Phi) is 3.25. The summed E-state index contributed by atoms with van der Waals surface area (Å²) in [7, 11) is 0.